The Morgan fingerprint density at radius 1 is 0.643 bits per heavy atom. The predicted octanol–water partition coefficient (Wildman–Crippen LogP) is 5.74. The van der Waals surface area contributed by atoms with Crippen LogP contribution in [0.4, 0.5) is 0 Å². The lowest BCUT2D eigenvalue weighted by Gasteiger charge is -2.12. The normalized spacial score (nSPS) is 10.7. The molecule has 0 aliphatic carbocycles. The van der Waals surface area contributed by atoms with E-state index < -0.39 is 0 Å². The molecule has 0 saturated heterocycles. The highest BCUT2D eigenvalue weighted by Crippen LogP contribution is 2.48. The van der Waals surface area contributed by atoms with E-state index in [4.69, 9.17) is 46.4 Å². The molecule has 0 N–H and O–H groups in total. The number of thioether (sulfide) groups is 2. The Morgan fingerprint density at radius 3 is 1.14 bits per heavy atom. The molecule has 0 aromatic heterocycles. The van der Waals surface area contributed by atoms with Crippen molar-refractivity contribution < 1.29 is 0 Å². The summed E-state index contributed by atoms with van der Waals surface area (Å²) in [5.41, 5.74) is 0. The molecule has 0 fully saturated rings. The Labute approximate surface area is 112 Å². The van der Waals surface area contributed by atoms with Crippen molar-refractivity contribution >= 4 is 69.9 Å². The molecule has 0 bridgehead atoms. The zero-order valence-electron chi connectivity index (χ0n) is 7.33. The lowest BCUT2D eigenvalue weighted by atomic mass is 10.3. The molecular formula is C8H6Cl4S2. The monoisotopic (exact) mass is 306 g/mol. The third-order valence-electron chi connectivity index (χ3n) is 1.59. The summed E-state index contributed by atoms with van der Waals surface area (Å²) in [4.78, 5) is 1.75. The molecular weight excluding hydrogens is 302 g/mol. The van der Waals surface area contributed by atoms with Crippen molar-refractivity contribution in [1.82, 2.24) is 0 Å². The minimum Gasteiger partial charge on any atom is -0.127 e. The summed E-state index contributed by atoms with van der Waals surface area (Å²) in [6.45, 7) is 0. The summed E-state index contributed by atoms with van der Waals surface area (Å²) in [7, 11) is 0. The summed E-state index contributed by atoms with van der Waals surface area (Å²) >= 11 is 26.9. The first kappa shape index (κ1) is 13.1. The van der Waals surface area contributed by atoms with Gasteiger partial charge in [0, 0.05) is 9.79 Å². The van der Waals surface area contributed by atoms with Crippen LogP contribution < -0.4 is 0 Å². The van der Waals surface area contributed by atoms with Gasteiger partial charge in [-0.2, -0.15) is 0 Å². The van der Waals surface area contributed by atoms with Gasteiger partial charge in [-0.15, -0.1) is 23.5 Å². The van der Waals surface area contributed by atoms with Gasteiger partial charge in [0.2, 0.25) is 0 Å². The maximum absolute atomic E-state index is 6.05. The Hall–Kier alpha value is 1.08. The van der Waals surface area contributed by atoms with Crippen LogP contribution >= 0.6 is 69.9 Å². The van der Waals surface area contributed by atoms with Crippen LogP contribution in [0.25, 0.3) is 0 Å². The van der Waals surface area contributed by atoms with Gasteiger partial charge in [0.15, 0.2) is 0 Å². The summed E-state index contributed by atoms with van der Waals surface area (Å²) in [5, 5.41) is 1.58. The zero-order chi connectivity index (χ0) is 10.9. The van der Waals surface area contributed by atoms with E-state index in [1.54, 1.807) is 0 Å². The van der Waals surface area contributed by atoms with E-state index in [1.165, 1.54) is 23.5 Å². The third-order valence-corrected chi connectivity index (χ3v) is 5.38. The highest BCUT2D eigenvalue weighted by molar-refractivity contribution is 8.01. The Balaban J connectivity index is 3.57. The van der Waals surface area contributed by atoms with Crippen LogP contribution in [0.2, 0.25) is 20.1 Å². The van der Waals surface area contributed by atoms with E-state index in [1.807, 2.05) is 12.5 Å². The lowest BCUT2D eigenvalue weighted by molar-refractivity contribution is 1.26. The van der Waals surface area contributed by atoms with Gasteiger partial charge in [-0.1, -0.05) is 46.4 Å². The molecule has 0 radical (unpaired) electrons. The number of hydrogen-bond donors (Lipinski definition) is 0. The molecule has 0 unspecified atom stereocenters. The third kappa shape index (κ3) is 2.26. The van der Waals surface area contributed by atoms with E-state index >= 15 is 0 Å². The first-order valence-corrected chi connectivity index (χ1v) is 7.44. The molecule has 78 valence electrons. The molecule has 0 nitrogen and oxygen atoms in total. The number of rotatable bonds is 2. The summed E-state index contributed by atoms with van der Waals surface area (Å²) in [6, 6.07) is 0. The summed E-state index contributed by atoms with van der Waals surface area (Å²) in [5.74, 6) is 0. The number of halogens is 4. The molecule has 1 aromatic rings. The zero-order valence-corrected chi connectivity index (χ0v) is 12.0. The van der Waals surface area contributed by atoms with Crippen molar-refractivity contribution in [2.45, 2.75) is 9.79 Å². The maximum atomic E-state index is 6.05. The minimum absolute atomic E-state index is 0.320. The minimum atomic E-state index is 0.320. The van der Waals surface area contributed by atoms with Gasteiger partial charge in [-0.05, 0) is 12.5 Å². The van der Waals surface area contributed by atoms with Gasteiger partial charge in [0.05, 0.1) is 20.1 Å². The predicted molar refractivity (Wildman–Crippen MR) is 70.0 cm³/mol. The molecule has 0 aliphatic rings. The van der Waals surface area contributed by atoms with Gasteiger partial charge < -0.3 is 0 Å². The number of hydrogen-bond acceptors (Lipinski definition) is 2. The van der Waals surface area contributed by atoms with Crippen LogP contribution in [0.15, 0.2) is 9.79 Å². The molecule has 1 rings (SSSR count). The van der Waals surface area contributed by atoms with Crippen molar-refractivity contribution in [2.24, 2.45) is 0 Å². The first-order valence-electron chi connectivity index (χ1n) is 3.48. The Bertz CT molecular complexity index is 330. The van der Waals surface area contributed by atoms with Crippen LogP contribution in [-0.2, 0) is 0 Å². The summed E-state index contributed by atoms with van der Waals surface area (Å²) in [6.07, 6.45) is 3.84. The van der Waals surface area contributed by atoms with Crippen LogP contribution in [0, 0.1) is 0 Å². The fraction of sp³-hybridized carbons (Fsp3) is 0.250. The van der Waals surface area contributed by atoms with Gasteiger partial charge in [-0.3, -0.25) is 0 Å². The first-order chi connectivity index (χ1) is 6.54. The topological polar surface area (TPSA) is 0 Å². The fourth-order valence-corrected chi connectivity index (χ4v) is 4.13. The Kier molecular flexibility index (Phi) is 5.09. The molecule has 0 saturated carbocycles. The van der Waals surface area contributed by atoms with Crippen molar-refractivity contribution in [1.29, 1.82) is 0 Å². The van der Waals surface area contributed by atoms with Crippen molar-refractivity contribution in [2.75, 3.05) is 12.5 Å². The highest BCUT2D eigenvalue weighted by atomic mass is 35.5. The van der Waals surface area contributed by atoms with Crippen molar-refractivity contribution in [3.8, 4) is 0 Å². The largest absolute Gasteiger partial charge is 0.127 e. The SMILES string of the molecule is CSc1c(Cl)c(Cl)c(Cl)c(Cl)c1SC. The van der Waals surface area contributed by atoms with Crippen LogP contribution in [0.1, 0.15) is 0 Å². The van der Waals surface area contributed by atoms with E-state index in [9.17, 15) is 0 Å². The number of benzene rings is 1. The van der Waals surface area contributed by atoms with Gasteiger partial charge in [0.1, 0.15) is 0 Å². The lowest BCUT2D eigenvalue weighted by Crippen LogP contribution is -1.85. The average molecular weight is 308 g/mol. The average Bonchev–Trinajstić information content (AvgIpc) is 2.20. The molecule has 0 spiro atoms. The molecule has 1 aromatic carbocycles. The molecule has 0 amide bonds. The molecule has 0 heterocycles. The van der Waals surface area contributed by atoms with Crippen LogP contribution in [0.5, 0.6) is 0 Å². The van der Waals surface area contributed by atoms with Crippen LogP contribution in [0.3, 0.4) is 0 Å². The molecule has 14 heavy (non-hydrogen) atoms. The standard InChI is InChI=1S/C8H6Cl4S2/c1-13-7-5(11)3(9)4(10)6(12)8(7)14-2/h1-2H3. The van der Waals surface area contributed by atoms with E-state index in [0.717, 1.165) is 9.79 Å². The van der Waals surface area contributed by atoms with E-state index in [0.29, 0.717) is 20.1 Å². The highest BCUT2D eigenvalue weighted by Gasteiger charge is 2.18. The smallest absolute Gasteiger partial charge is 0.0806 e. The van der Waals surface area contributed by atoms with Gasteiger partial charge in [-0.25, -0.2) is 0 Å². The summed E-state index contributed by atoms with van der Waals surface area (Å²) < 4.78 is 0. The fourth-order valence-electron chi connectivity index (χ4n) is 0.956. The second-order valence-corrected chi connectivity index (χ2v) is 5.47. The maximum Gasteiger partial charge on any atom is 0.0806 e. The second-order valence-electron chi connectivity index (χ2n) is 2.32. The quantitative estimate of drug-likeness (QED) is 0.388. The molecule has 0 atom stereocenters. The van der Waals surface area contributed by atoms with Crippen molar-refractivity contribution in [3.05, 3.63) is 20.1 Å². The van der Waals surface area contributed by atoms with E-state index in [-0.39, 0.29) is 0 Å². The second kappa shape index (κ2) is 5.42. The van der Waals surface area contributed by atoms with E-state index in [2.05, 4.69) is 0 Å². The Morgan fingerprint density at radius 2 is 0.929 bits per heavy atom. The molecule has 6 heteroatoms. The molecule has 0 aliphatic heterocycles. The van der Waals surface area contributed by atoms with Gasteiger partial charge in [0.25, 0.3) is 0 Å². The van der Waals surface area contributed by atoms with Crippen molar-refractivity contribution in [3.63, 3.8) is 0 Å². The van der Waals surface area contributed by atoms with Crippen LogP contribution in [-0.4, -0.2) is 12.5 Å². The van der Waals surface area contributed by atoms with Gasteiger partial charge >= 0.3 is 0 Å².